The highest BCUT2D eigenvalue weighted by molar-refractivity contribution is 7.09. The molecule has 128 valence electrons. The molecule has 1 aromatic heterocycles. The van der Waals surface area contributed by atoms with Crippen LogP contribution >= 0.6 is 11.3 Å². The molecule has 5 heteroatoms. The molecule has 1 aromatic rings. The van der Waals surface area contributed by atoms with E-state index in [1.54, 1.807) is 0 Å². The van der Waals surface area contributed by atoms with Gasteiger partial charge in [0.25, 0.3) is 0 Å². The molecule has 0 radical (unpaired) electrons. The minimum atomic E-state index is 0.184. The Morgan fingerprint density at radius 1 is 1.35 bits per heavy atom. The van der Waals surface area contributed by atoms with Crippen molar-refractivity contribution < 1.29 is 9.53 Å². The zero-order valence-corrected chi connectivity index (χ0v) is 14.9. The second-order valence-electron chi connectivity index (χ2n) is 6.68. The van der Waals surface area contributed by atoms with Crippen molar-refractivity contribution in [2.45, 2.75) is 45.3 Å². The fraction of sp³-hybridized carbons (Fsp3) is 0.722. The van der Waals surface area contributed by atoms with E-state index in [1.807, 2.05) is 11.3 Å². The van der Waals surface area contributed by atoms with Crippen molar-refractivity contribution in [3.8, 4) is 0 Å². The first-order valence-electron chi connectivity index (χ1n) is 8.91. The molecule has 2 aliphatic heterocycles. The minimum absolute atomic E-state index is 0.184. The van der Waals surface area contributed by atoms with Gasteiger partial charge < -0.3 is 9.64 Å². The first kappa shape index (κ1) is 16.9. The standard InChI is InChI=1S/C18H28N2O2S/c1-2-4-16-13-15(6-11-22-16)18(21)20-9-7-19(8-10-20)14-17-5-3-12-23-17/h3,5,12,15-16H,2,4,6-11,13-14H2,1H3. The van der Waals surface area contributed by atoms with Crippen LogP contribution in [0.5, 0.6) is 0 Å². The van der Waals surface area contributed by atoms with E-state index in [-0.39, 0.29) is 5.92 Å². The zero-order chi connectivity index (χ0) is 16.1. The third kappa shape index (κ3) is 4.55. The quantitative estimate of drug-likeness (QED) is 0.829. The molecule has 2 saturated heterocycles. The van der Waals surface area contributed by atoms with Gasteiger partial charge in [0.15, 0.2) is 0 Å². The lowest BCUT2D eigenvalue weighted by Gasteiger charge is -2.38. The number of ether oxygens (including phenoxy) is 1. The Morgan fingerprint density at radius 3 is 2.87 bits per heavy atom. The van der Waals surface area contributed by atoms with Crippen LogP contribution in [0.1, 0.15) is 37.5 Å². The number of amides is 1. The summed E-state index contributed by atoms with van der Waals surface area (Å²) in [7, 11) is 0. The van der Waals surface area contributed by atoms with Crippen LogP contribution in [0.4, 0.5) is 0 Å². The highest BCUT2D eigenvalue weighted by Gasteiger charge is 2.31. The lowest BCUT2D eigenvalue weighted by molar-refractivity contribution is -0.142. The van der Waals surface area contributed by atoms with Gasteiger partial charge in [0, 0.05) is 50.1 Å². The Bertz CT molecular complexity index is 481. The van der Waals surface area contributed by atoms with Crippen molar-refractivity contribution in [2.75, 3.05) is 32.8 Å². The number of thiophene rings is 1. The normalized spacial score (nSPS) is 26.4. The molecule has 2 aliphatic rings. The molecule has 2 fully saturated rings. The Balaban J connectivity index is 1.46. The number of carbonyl (C=O) groups is 1. The highest BCUT2D eigenvalue weighted by atomic mass is 32.1. The van der Waals surface area contributed by atoms with Crippen LogP contribution in [-0.4, -0.2) is 54.6 Å². The highest BCUT2D eigenvalue weighted by Crippen LogP contribution is 2.25. The number of nitrogens with zero attached hydrogens (tertiary/aromatic N) is 2. The summed E-state index contributed by atoms with van der Waals surface area (Å²) in [5.41, 5.74) is 0. The van der Waals surface area contributed by atoms with E-state index in [0.717, 1.165) is 65.0 Å². The summed E-state index contributed by atoms with van der Waals surface area (Å²) in [5.74, 6) is 0.550. The molecular formula is C18H28N2O2S. The molecule has 3 heterocycles. The molecule has 2 unspecified atom stereocenters. The second-order valence-corrected chi connectivity index (χ2v) is 7.72. The maximum Gasteiger partial charge on any atom is 0.225 e. The molecule has 0 N–H and O–H groups in total. The first-order valence-corrected chi connectivity index (χ1v) is 9.79. The van der Waals surface area contributed by atoms with Gasteiger partial charge in [-0.15, -0.1) is 11.3 Å². The smallest absolute Gasteiger partial charge is 0.225 e. The fourth-order valence-corrected chi connectivity index (χ4v) is 4.38. The predicted molar refractivity (Wildman–Crippen MR) is 93.5 cm³/mol. The molecule has 0 saturated carbocycles. The van der Waals surface area contributed by atoms with E-state index < -0.39 is 0 Å². The predicted octanol–water partition coefficient (Wildman–Crippen LogP) is 2.99. The lowest BCUT2D eigenvalue weighted by atomic mass is 9.92. The van der Waals surface area contributed by atoms with Crippen LogP contribution in [0.15, 0.2) is 17.5 Å². The van der Waals surface area contributed by atoms with Crippen LogP contribution in [0.2, 0.25) is 0 Å². The number of hydrogen-bond acceptors (Lipinski definition) is 4. The van der Waals surface area contributed by atoms with Gasteiger partial charge in [-0.25, -0.2) is 0 Å². The summed E-state index contributed by atoms with van der Waals surface area (Å²) < 4.78 is 5.78. The van der Waals surface area contributed by atoms with E-state index in [9.17, 15) is 4.79 Å². The molecule has 0 aromatic carbocycles. The molecule has 0 spiro atoms. The van der Waals surface area contributed by atoms with Crippen molar-refractivity contribution in [3.63, 3.8) is 0 Å². The fourth-order valence-electron chi connectivity index (χ4n) is 3.64. The molecule has 0 aliphatic carbocycles. The lowest BCUT2D eigenvalue weighted by Crippen LogP contribution is -2.50. The van der Waals surface area contributed by atoms with Crippen LogP contribution < -0.4 is 0 Å². The van der Waals surface area contributed by atoms with E-state index in [4.69, 9.17) is 4.74 Å². The molecule has 2 atom stereocenters. The third-order valence-corrected chi connectivity index (χ3v) is 5.83. The summed E-state index contributed by atoms with van der Waals surface area (Å²) in [5, 5.41) is 2.13. The summed E-state index contributed by atoms with van der Waals surface area (Å²) in [4.78, 5) is 18.7. The van der Waals surface area contributed by atoms with Gasteiger partial charge >= 0.3 is 0 Å². The number of carbonyl (C=O) groups excluding carboxylic acids is 1. The molecule has 1 amide bonds. The topological polar surface area (TPSA) is 32.8 Å². The average Bonchev–Trinajstić information content (AvgIpc) is 3.08. The van der Waals surface area contributed by atoms with Crippen molar-refractivity contribution in [1.82, 2.24) is 9.80 Å². The SMILES string of the molecule is CCCC1CC(C(=O)N2CCN(Cc3cccs3)CC2)CCO1. The molecule has 3 rings (SSSR count). The Morgan fingerprint density at radius 2 is 2.17 bits per heavy atom. The molecular weight excluding hydrogens is 308 g/mol. The van der Waals surface area contributed by atoms with Crippen LogP contribution in [0.25, 0.3) is 0 Å². The van der Waals surface area contributed by atoms with Gasteiger partial charge in [0.1, 0.15) is 0 Å². The van der Waals surface area contributed by atoms with Crippen LogP contribution in [0.3, 0.4) is 0 Å². The van der Waals surface area contributed by atoms with Crippen LogP contribution in [-0.2, 0) is 16.1 Å². The second kappa shape index (κ2) is 8.27. The van der Waals surface area contributed by atoms with E-state index in [1.165, 1.54) is 4.88 Å². The van der Waals surface area contributed by atoms with Crippen molar-refractivity contribution in [2.24, 2.45) is 5.92 Å². The van der Waals surface area contributed by atoms with Gasteiger partial charge in [-0.3, -0.25) is 9.69 Å². The summed E-state index contributed by atoms with van der Waals surface area (Å²) >= 11 is 1.82. The zero-order valence-electron chi connectivity index (χ0n) is 14.1. The Labute approximate surface area is 143 Å². The largest absolute Gasteiger partial charge is 0.378 e. The molecule has 23 heavy (non-hydrogen) atoms. The molecule has 4 nitrogen and oxygen atoms in total. The maximum atomic E-state index is 12.8. The third-order valence-electron chi connectivity index (χ3n) is 4.97. The van der Waals surface area contributed by atoms with E-state index in [0.29, 0.717) is 12.0 Å². The van der Waals surface area contributed by atoms with Gasteiger partial charge in [-0.2, -0.15) is 0 Å². The van der Waals surface area contributed by atoms with Gasteiger partial charge in [-0.05, 0) is 30.7 Å². The van der Waals surface area contributed by atoms with E-state index >= 15 is 0 Å². The van der Waals surface area contributed by atoms with E-state index in [2.05, 4.69) is 34.2 Å². The van der Waals surface area contributed by atoms with Gasteiger partial charge in [0.2, 0.25) is 5.91 Å². The van der Waals surface area contributed by atoms with Crippen molar-refractivity contribution in [1.29, 1.82) is 0 Å². The average molecular weight is 337 g/mol. The van der Waals surface area contributed by atoms with Gasteiger partial charge in [0.05, 0.1) is 6.10 Å². The van der Waals surface area contributed by atoms with Crippen molar-refractivity contribution >= 4 is 17.2 Å². The van der Waals surface area contributed by atoms with Crippen LogP contribution in [0, 0.1) is 5.92 Å². The number of piperazine rings is 1. The molecule has 0 bridgehead atoms. The maximum absolute atomic E-state index is 12.8. The summed E-state index contributed by atoms with van der Waals surface area (Å²) in [6.45, 7) is 7.69. The Kier molecular flexibility index (Phi) is 6.08. The number of rotatable bonds is 5. The monoisotopic (exact) mass is 336 g/mol. The number of hydrogen-bond donors (Lipinski definition) is 0. The Hall–Kier alpha value is -0.910. The summed E-state index contributed by atoms with van der Waals surface area (Å²) in [6, 6.07) is 4.30. The summed E-state index contributed by atoms with van der Waals surface area (Å²) in [6.07, 6.45) is 4.32. The van der Waals surface area contributed by atoms with Gasteiger partial charge in [-0.1, -0.05) is 19.4 Å². The first-order chi connectivity index (χ1) is 11.3. The van der Waals surface area contributed by atoms with Crippen molar-refractivity contribution in [3.05, 3.63) is 22.4 Å². The minimum Gasteiger partial charge on any atom is -0.378 e.